The average molecular weight is 1290 g/mol. The Balaban J connectivity index is 0.000000165. The van der Waals surface area contributed by atoms with Gasteiger partial charge in [-0.1, -0.05) is 278 Å². The van der Waals surface area contributed by atoms with Crippen molar-refractivity contribution in [3.63, 3.8) is 0 Å². The van der Waals surface area contributed by atoms with Gasteiger partial charge in [-0.3, -0.25) is 28.8 Å². The molecule has 6 nitrogen and oxygen atoms in total. The molecule has 0 amide bonds. The normalized spacial score (nSPS) is 12.8. The summed E-state index contributed by atoms with van der Waals surface area (Å²) >= 11 is 0. The highest BCUT2D eigenvalue weighted by Crippen LogP contribution is 2.34. The number of hydrogen-bond donors (Lipinski definition) is 0. The lowest BCUT2D eigenvalue weighted by atomic mass is 9.85. The van der Waals surface area contributed by atoms with E-state index in [2.05, 4.69) is 120 Å². The van der Waals surface area contributed by atoms with Crippen LogP contribution in [0.2, 0.25) is 0 Å². The molecule has 0 N–H and O–H groups in total. The van der Waals surface area contributed by atoms with Gasteiger partial charge in [-0.15, -0.1) is 0 Å². The van der Waals surface area contributed by atoms with Gasteiger partial charge in [0.25, 0.3) is 0 Å². The second kappa shape index (κ2) is 38.1. The Bertz CT molecular complexity index is 4550. The zero-order chi connectivity index (χ0) is 69.8. The van der Waals surface area contributed by atoms with Gasteiger partial charge in [0.05, 0.1) is 0 Å². The predicted molar refractivity (Wildman–Crippen MR) is 411 cm³/mol. The van der Waals surface area contributed by atoms with Crippen molar-refractivity contribution in [2.24, 2.45) is 0 Å². The molecular formula is C91H98O6. The van der Waals surface area contributed by atoms with E-state index < -0.39 is 0 Å². The smallest absolute Gasteiger partial charge is 0.181 e. The number of rotatable bonds is 9. The molecule has 0 spiro atoms. The summed E-state index contributed by atoms with van der Waals surface area (Å²) in [6, 6.07) is 80.7. The number of benzene rings is 4. The first-order valence-corrected chi connectivity index (χ1v) is 34.7. The third-order valence-corrected chi connectivity index (χ3v) is 18.7. The summed E-state index contributed by atoms with van der Waals surface area (Å²) in [6.45, 7) is 22.0. The van der Waals surface area contributed by atoms with Crippen molar-refractivity contribution in [1.29, 1.82) is 0 Å². The summed E-state index contributed by atoms with van der Waals surface area (Å²) in [5, 5.41) is 0. The summed E-state index contributed by atoms with van der Waals surface area (Å²) in [7, 11) is 0. The lowest BCUT2D eigenvalue weighted by molar-refractivity contribution is 0.444. The third-order valence-electron chi connectivity index (χ3n) is 18.7. The predicted octanol–water partition coefficient (Wildman–Crippen LogP) is 21.4. The molecule has 12 rings (SSSR count). The van der Waals surface area contributed by atoms with Crippen LogP contribution in [0.25, 0.3) is 44.5 Å². The van der Waals surface area contributed by atoms with Crippen LogP contribution in [-0.4, -0.2) is 0 Å². The van der Waals surface area contributed by atoms with E-state index in [9.17, 15) is 28.8 Å². The lowest BCUT2D eigenvalue weighted by Gasteiger charge is -2.21. The van der Waals surface area contributed by atoms with Gasteiger partial charge < -0.3 is 0 Å². The Hall–Kier alpha value is -9.78. The minimum Gasteiger partial charge on any atom is -0.290 e. The Morgan fingerprint density at radius 2 is 0.505 bits per heavy atom. The third kappa shape index (κ3) is 23.5. The Morgan fingerprint density at radius 1 is 0.268 bits per heavy atom. The fourth-order valence-corrected chi connectivity index (χ4v) is 11.6. The summed E-state index contributed by atoms with van der Waals surface area (Å²) in [4.78, 5) is 68.8. The molecule has 1 unspecified atom stereocenters. The molecule has 0 bridgehead atoms. The van der Waals surface area contributed by atoms with Crippen molar-refractivity contribution in [1.82, 2.24) is 0 Å². The van der Waals surface area contributed by atoms with E-state index in [4.69, 9.17) is 0 Å². The van der Waals surface area contributed by atoms with E-state index in [1.54, 1.807) is 36.4 Å². The molecule has 0 radical (unpaired) electrons. The quantitative estimate of drug-likeness (QED) is 0.143. The molecule has 2 aliphatic rings. The first-order valence-electron chi connectivity index (χ1n) is 34.7. The molecule has 2 fully saturated rings. The van der Waals surface area contributed by atoms with Crippen LogP contribution in [0.15, 0.2) is 277 Å². The summed E-state index contributed by atoms with van der Waals surface area (Å²) in [5.41, 5.74) is 20.9. The van der Waals surface area contributed by atoms with Crippen molar-refractivity contribution in [3.05, 3.63) is 371 Å². The van der Waals surface area contributed by atoms with Crippen molar-refractivity contribution in [2.45, 2.75) is 164 Å². The Labute approximate surface area is 576 Å². The zero-order valence-electron chi connectivity index (χ0n) is 59.0. The van der Waals surface area contributed by atoms with Crippen LogP contribution in [0.4, 0.5) is 0 Å². The van der Waals surface area contributed by atoms with Crippen LogP contribution in [0.3, 0.4) is 0 Å². The molecule has 1 atom stereocenters. The van der Waals surface area contributed by atoms with Gasteiger partial charge in [-0.25, -0.2) is 0 Å². The monoisotopic (exact) mass is 1290 g/mol. The second-order valence-corrected chi connectivity index (χ2v) is 26.4. The van der Waals surface area contributed by atoms with Gasteiger partial charge in [0, 0.05) is 0 Å². The van der Waals surface area contributed by atoms with Crippen LogP contribution in [0.1, 0.15) is 177 Å². The molecule has 2 saturated carbocycles. The maximum absolute atomic E-state index is 11.6. The van der Waals surface area contributed by atoms with Gasteiger partial charge in [0.15, 0.2) is 32.6 Å². The highest BCUT2D eigenvalue weighted by atomic mass is 16.1. The topological polar surface area (TPSA) is 102 Å². The van der Waals surface area contributed by atoms with E-state index in [0.29, 0.717) is 23.7 Å². The van der Waals surface area contributed by atoms with Gasteiger partial charge in [0.2, 0.25) is 0 Å². The Kier molecular flexibility index (Phi) is 29.3. The molecule has 0 heterocycles. The van der Waals surface area contributed by atoms with Crippen LogP contribution >= 0.6 is 0 Å². The standard InChI is InChI=1S/C18H20O.C17H18O.C15H14O.C14H18O.C14H12O.C13H16O/c1-4-13(2)15-7-9-17(10-8-15)16-6-5-14(3)18(19)12-11-16;1-12(2)14-6-8-16(9-7-14)15-5-4-13(3)17(18)11-10-15;1-11-3-6-13(7-4-11)14-8-5-12(2)15(16)10-9-14;2*1-11-7-8-13(9-10-14(11)15)12-5-3-2-4-6-12;1-10-6-7-12(8-9-13(10)14)11-4-2-3-5-11/h5-13H,4H2,1-3H3;4-12H,1-3H3;3-10H,1-2H3;7-10,12H,2-6H2,1H3;2-10H,1H3;6-9,11H,2-5H2,1H3. The number of aryl methyl sites for hydroxylation is 7. The van der Waals surface area contributed by atoms with Gasteiger partial charge in [-0.05, 0) is 241 Å². The van der Waals surface area contributed by atoms with Gasteiger partial charge >= 0.3 is 0 Å². The maximum atomic E-state index is 11.6. The molecular weight excluding hydrogens is 1190 g/mol. The van der Waals surface area contributed by atoms with Crippen molar-refractivity contribution < 1.29 is 0 Å². The molecule has 2 aliphatic carbocycles. The largest absolute Gasteiger partial charge is 0.290 e. The zero-order valence-corrected chi connectivity index (χ0v) is 59.0. The van der Waals surface area contributed by atoms with Crippen molar-refractivity contribution in [2.75, 3.05) is 0 Å². The highest BCUT2D eigenvalue weighted by molar-refractivity contribution is 5.66. The van der Waals surface area contributed by atoms with Crippen molar-refractivity contribution >= 4 is 0 Å². The van der Waals surface area contributed by atoms with E-state index in [1.165, 1.54) is 85.6 Å². The average Bonchev–Trinajstić information content (AvgIpc) is 2.07. The van der Waals surface area contributed by atoms with E-state index >= 15 is 0 Å². The van der Waals surface area contributed by atoms with Gasteiger partial charge in [0.1, 0.15) is 0 Å². The minimum atomic E-state index is 0.0807. The second-order valence-electron chi connectivity index (χ2n) is 26.4. The van der Waals surface area contributed by atoms with Gasteiger partial charge in [-0.2, -0.15) is 0 Å². The summed E-state index contributed by atoms with van der Waals surface area (Å²) in [5.74, 6) is 2.52. The van der Waals surface area contributed by atoms with Crippen LogP contribution < -0.4 is 32.6 Å². The first-order chi connectivity index (χ1) is 46.7. The first kappa shape index (κ1) is 74.6. The van der Waals surface area contributed by atoms with E-state index in [1.807, 2.05) is 169 Å². The molecule has 498 valence electrons. The molecule has 6 heteroatoms. The Morgan fingerprint density at radius 3 is 0.814 bits per heavy atom. The fraction of sp³-hybridized carbons (Fsp3) is 0.275. The fourth-order valence-electron chi connectivity index (χ4n) is 11.6. The molecule has 0 aromatic heterocycles. The van der Waals surface area contributed by atoms with Crippen LogP contribution in [0.5, 0.6) is 0 Å². The SMILES string of the molecule is CCC(C)c1ccc(-c2ccc(C)c(=O)cc2)cc1.Cc1ccc(-c2ccc(C(C)C)cc2)ccc1=O.Cc1ccc(-c2ccc(C)c(=O)cc2)cc1.Cc1ccc(-c2ccccc2)ccc1=O.Cc1ccc(C2CCCC2)ccc1=O.Cc1ccc(C2CCCCC2)ccc1=O. The summed E-state index contributed by atoms with van der Waals surface area (Å²) in [6.07, 6.45) is 13.0. The van der Waals surface area contributed by atoms with E-state index in [-0.39, 0.29) is 32.6 Å². The molecule has 97 heavy (non-hydrogen) atoms. The lowest BCUT2D eigenvalue weighted by Crippen LogP contribution is -2.03. The maximum Gasteiger partial charge on any atom is 0.181 e. The molecule has 0 aliphatic heterocycles. The minimum absolute atomic E-state index is 0.0807. The highest BCUT2D eigenvalue weighted by Gasteiger charge is 2.17. The van der Waals surface area contributed by atoms with Crippen LogP contribution in [-0.2, 0) is 0 Å². The van der Waals surface area contributed by atoms with Crippen LogP contribution in [0, 0.1) is 48.5 Å². The molecule has 0 saturated heterocycles. The van der Waals surface area contributed by atoms with Crippen molar-refractivity contribution in [3.8, 4) is 44.5 Å². The van der Waals surface area contributed by atoms with E-state index in [0.717, 1.165) is 84.3 Å². The molecule has 10 aromatic carbocycles. The summed E-state index contributed by atoms with van der Waals surface area (Å²) < 4.78 is 0. The number of hydrogen-bond acceptors (Lipinski definition) is 6. The molecule has 10 aromatic rings.